The minimum absolute atomic E-state index is 1.08. The van der Waals surface area contributed by atoms with E-state index in [0.717, 1.165) is 11.1 Å². The van der Waals surface area contributed by atoms with Crippen molar-refractivity contribution in [2.75, 3.05) is 0 Å². The first-order valence-electron chi connectivity index (χ1n) is 9.55. The fraction of sp³-hybridized carbons (Fsp3) is 0.0714. The summed E-state index contributed by atoms with van der Waals surface area (Å²) in [4.78, 5) is 0. The van der Waals surface area contributed by atoms with Gasteiger partial charge in [-0.15, -0.1) is 0 Å². The molecule has 4 aromatic carbocycles. The Morgan fingerprint density at radius 3 is 1.18 bits per heavy atom. The second-order valence-electron chi connectivity index (χ2n) is 7.04. The van der Waals surface area contributed by atoms with E-state index in [4.69, 9.17) is 0 Å². The normalized spacial score (nSPS) is 10.2. The van der Waals surface area contributed by atoms with Crippen molar-refractivity contribution in [1.29, 1.82) is 0 Å². The van der Waals surface area contributed by atoms with Gasteiger partial charge in [-0.25, -0.2) is 0 Å². The molecule has 0 aliphatic heterocycles. The third kappa shape index (κ3) is 3.90. The van der Waals surface area contributed by atoms with Crippen LogP contribution in [0.15, 0.2) is 97.1 Å². The van der Waals surface area contributed by atoms with Gasteiger partial charge >= 0.3 is 0 Å². The molecule has 0 spiro atoms. The van der Waals surface area contributed by atoms with Crippen LogP contribution in [0.2, 0.25) is 0 Å². The molecule has 0 aromatic heterocycles. The molecule has 0 saturated carbocycles. The molecule has 4 aromatic rings. The molecule has 4 rings (SSSR count). The Kier molecular flexibility index (Phi) is 5.09. The maximum atomic E-state index is 3.36. The Hall–Kier alpha value is -3.56. The van der Waals surface area contributed by atoms with Crippen molar-refractivity contribution >= 4 is 0 Å². The molecule has 0 aliphatic carbocycles. The monoisotopic (exact) mass is 358 g/mol. The van der Waals surface area contributed by atoms with E-state index in [2.05, 4.69) is 111 Å². The van der Waals surface area contributed by atoms with Gasteiger partial charge in [0.15, 0.2) is 0 Å². The van der Waals surface area contributed by atoms with Crippen LogP contribution in [-0.2, 0) is 0 Å². The molecule has 0 aliphatic rings. The molecule has 28 heavy (non-hydrogen) atoms. The molecule has 0 fully saturated rings. The highest BCUT2D eigenvalue weighted by molar-refractivity contribution is 5.67. The van der Waals surface area contributed by atoms with Gasteiger partial charge in [-0.1, -0.05) is 96.8 Å². The average Bonchev–Trinajstić information content (AvgIpc) is 2.75. The lowest BCUT2D eigenvalue weighted by atomic mass is 9.98. The highest BCUT2D eigenvalue weighted by atomic mass is 14.1. The van der Waals surface area contributed by atoms with Crippen molar-refractivity contribution in [2.45, 2.75) is 13.8 Å². The first kappa shape index (κ1) is 17.8. The molecule has 0 heterocycles. The molecule has 0 radical (unpaired) electrons. The van der Waals surface area contributed by atoms with Gasteiger partial charge in [0.05, 0.1) is 0 Å². The van der Waals surface area contributed by atoms with E-state index < -0.39 is 0 Å². The van der Waals surface area contributed by atoms with Crippen LogP contribution >= 0.6 is 0 Å². The summed E-state index contributed by atoms with van der Waals surface area (Å²) in [5, 5.41) is 0. The molecule has 0 atom stereocenters. The highest BCUT2D eigenvalue weighted by Gasteiger charge is 2.02. The maximum Gasteiger partial charge on any atom is 0.0278 e. The number of rotatable bonds is 2. The standard InChI is InChI=1S/C28H22/c1-21-19-27(25-9-5-3-6-10-25)17-15-23(21)13-14-24-16-18-28(20-22(24)2)26-11-7-4-8-12-26/h3-12,15-20H,1-2H3. The topological polar surface area (TPSA) is 0 Å². The number of benzene rings is 4. The van der Waals surface area contributed by atoms with Gasteiger partial charge in [0, 0.05) is 11.1 Å². The lowest BCUT2D eigenvalue weighted by molar-refractivity contribution is 1.42. The third-order valence-corrected chi connectivity index (χ3v) is 5.00. The Morgan fingerprint density at radius 2 is 0.821 bits per heavy atom. The zero-order valence-corrected chi connectivity index (χ0v) is 16.2. The fourth-order valence-electron chi connectivity index (χ4n) is 3.36. The van der Waals surface area contributed by atoms with E-state index in [1.54, 1.807) is 0 Å². The largest absolute Gasteiger partial charge is 0.0622 e. The van der Waals surface area contributed by atoms with E-state index in [1.165, 1.54) is 33.4 Å². The summed E-state index contributed by atoms with van der Waals surface area (Å²) in [6, 6.07) is 33.9. The molecule has 0 N–H and O–H groups in total. The zero-order valence-electron chi connectivity index (χ0n) is 16.2. The lowest BCUT2D eigenvalue weighted by Gasteiger charge is -2.06. The molecule has 0 unspecified atom stereocenters. The van der Waals surface area contributed by atoms with Crippen molar-refractivity contribution < 1.29 is 0 Å². The minimum Gasteiger partial charge on any atom is -0.0622 e. The molecule has 0 saturated heterocycles. The van der Waals surface area contributed by atoms with Gasteiger partial charge in [0.1, 0.15) is 0 Å². The van der Waals surface area contributed by atoms with Gasteiger partial charge < -0.3 is 0 Å². The summed E-state index contributed by atoms with van der Waals surface area (Å²) < 4.78 is 0. The average molecular weight is 358 g/mol. The first-order valence-corrected chi connectivity index (χ1v) is 9.55. The smallest absolute Gasteiger partial charge is 0.0278 e. The van der Waals surface area contributed by atoms with Crippen molar-refractivity contribution in [2.24, 2.45) is 0 Å². The summed E-state index contributed by atoms with van der Waals surface area (Å²) >= 11 is 0. The second-order valence-corrected chi connectivity index (χ2v) is 7.04. The van der Waals surface area contributed by atoms with E-state index in [9.17, 15) is 0 Å². The van der Waals surface area contributed by atoms with E-state index in [0.29, 0.717) is 0 Å². The molecule has 134 valence electrons. The van der Waals surface area contributed by atoms with E-state index >= 15 is 0 Å². The zero-order chi connectivity index (χ0) is 19.3. The van der Waals surface area contributed by atoms with Crippen molar-refractivity contribution in [3.63, 3.8) is 0 Å². The van der Waals surface area contributed by atoms with Gasteiger partial charge in [0.25, 0.3) is 0 Å². The maximum absolute atomic E-state index is 3.36. The predicted octanol–water partition coefficient (Wildman–Crippen LogP) is 7.04. The summed E-state index contributed by atoms with van der Waals surface area (Å²) in [6.07, 6.45) is 0. The molecular weight excluding hydrogens is 336 g/mol. The number of aryl methyl sites for hydroxylation is 2. The van der Waals surface area contributed by atoms with Crippen LogP contribution in [0.3, 0.4) is 0 Å². The Labute approximate surface area is 167 Å². The van der Waals surface area contributed by atoms with Crippen LogP contribution in [0.5, 0.6) is 0 Å². The van der Waals surface area contributed by atoms with E-state index in [1.807, 2.05) is 12.1 Å². The van der Waals surface area contributed by atoms with Gasteiger partial charge in [-0.2, -0.15) is 0 Å². The van der Waals surface area contributed by atoms with Crippen LogP contribution in [0, 0.1) is 25.7 Å². The van der Waals surface area contributed by atoms with Gasteiger partial charge in [-0.3, -0.25) is 0 Å². The van der Waals surface area contributed by atoms with Crippen molar-refractivity contribution in [3.8, 4) is 34.1 Å². The van der Waals surface area contributed by atoms with Gasteiger partial charge in [-0.05, 0) is 59.4 Å². The van der Waals surface area contributed by atoms with Crippen LogP contribution in [0.4, 0.5) is 0 Å². The van der Waals surface area contributed by atoms with Crippen LogP contribution in [-0.4, -0.2) is 0 Å². The quantitative estimate of drug-likeness (QED) is 0.337. The van der Waals surface area contributed by atoms with E-state index in [-0.39, 0.29) is 0 Å². The molecular formula is C28H22. The summed E-state index contributed by atoms with van der Waals surface area (Å²) in [7, 11) is 0. The summed E-state index contributed by atoms with van der Waals surface area (Å²) in [5.41, 5.74) is 9.48. The Balaban J connectivity index is 1.61. The number of hydrogen-bond acceptors (Lipinski definition) is 0. The molecule has 0 amide bonds. The van der Waals surface area contributed by atoms with Crippen molar-refractivity contribution in [1.82, 2.24) is 0 Å². The van der Waals surface area contributed by atoms with Crippen LogP contribution in [0.25, 0.3) is 22.3 Å². The minimum atomic E-state index is 1.08. The summed E-state index contributed by atoms with van der Waals surface area (Å²) in [6.45, 7) is 4.25. The van der Waals surface area contributed by atoms with Crippen LogP contribution in [0.1, 0.15) is 22.3 Å². The summed E-state index contributed by atoms with van der Waals surface area (Å²) in [5.74, 6) is 6.72. The predicted molar refractivity (Wildman–Crippen MR) is 119 cm³/mol. The van der Waals surface area contributed by atoms with Crippen LogP contribution < -0.4 is 0 Å². The SMILES string of the molecule is Cc1cc(-c2ccccc2)ccc1C#Cc1ccc(-c2ccccc2)cc1C. The third-order valence-electron chi connectivity index (χ3n) is 5.00. The van der Waals surface area contributed by atoms with Crippen molar-refractivity contribution in [3.05, 3.63) is 119 Å². The fourth-order valence-corrected chi connectivity index (χ4v) is 3.36. The number of hydrogen-bond donors (Lipinski definition) is 0. The molecule has 0 bridgehead atoms. The Bertz CT molecular complexity index is 1060. The molecule has 0 heteroatoms. The lowest BCUT2D eigenvalue weighted by Crippen LogP contribution is -1.87. The van der Waals surface area contributed by atoms with Gasteiger partial charge in [0.2, 0.25) is 0 Å². The first-order chi connectivity index (χ1) is 13.7. The second kappa shape index (κ2) is 7.99. The molecule has 0 nitrogen and oxygen atoms in total. The Morgan fingerprint density at radius 1 is 0.429 bits per heavy atom. The highest BCUT2D eigenvalue weighted by Crippen LogP contribution is 2.23.